The Morgan fingerprint density at radius 3 is 3.00 bits per heavy atom. The lowest BCUT2D eigenvalue weighted by Gasteiger charge is -2.39. The number of aryl methyl sites for hydroxylation is 1. The van der Waals surface area contributed by atoms with Crippen LogP contribution in [-0.4, -0.2) is 23.2 Å². The van der Waals surface area contributed by atoms with Gasteiger partial charge in [0, 0.05) is 10.3 Å². The summed E-state index contributed by atoms with van der Waals surface area (Å²) in [6, 6.07) is 0. The van der Waals surface area contributed by atoms with E-state index in [9.17, 15) is 9.90 Å². The van der Waals surface area contributed by atoms with E-state index in [0.29, 0.717) is 5.92 Å². The molecule has 116 valence electrons. The minimum Gasteiger partial charge on any atom is -0.394 e. The fourth-order valence-electron chi connectivity index (χ4n) is 3.95. The Kier molecular flexibility index (Phi) is 4.36. The van der Waals surface area contributed by atoms with Crippen LogP contribution in [0.5, 0.6) is 0 Å². The van der Waals surface area contributed by atoms with E-state index in [1.54, 1.807) is 11.3 Å². The summed E-state index contributed by atoms with van der Waals surface area (Å²) in [5, 5.41) is 15.0. The number of carbonyl (C=O) groups is 1. The number of amides is 1. The van der Waals surface area contributed by atoms with Crippen LogP contribution in [0, 0.1) is 5.92 Å². The molecule has 1 amide bonds. The molecule has 2 N–H and O–H groups in total. The third-order valence-electron chi connectivity index (χ3n) is 5.08. The molecule has 2 aliphatic rings. The Morgan fingerprint density at radius 2 is 2.24 bits per heavy atom. The van der Waals surface area contributed by atoms with Gasteiger partial charge in [0.1, 0.15) is 0 Å². The van der Waals surface area contributed by atoms with E-state index in [-0.39, 0.29) is 12.5 Å². The molecule has 4 heteroatoms. The molecule has 3 nitrogen and oxygen atoms in total. The monoisotopic (exact) mass is 307 g/mol. The molecular weight excluding hydrogens is 282 g/mol. The van der Waals surface area contributed by atoms with Gasteiger partial charge < -0.3 is 10.4 Å². The van der Waals surface area contributed by atoms with Gasteiger partial charge in [-0.1, -0.05) is 19.8 Å². The summed E-state index contributed by atoms with van der Waals surface area (Å²) in [5.41, 5.74) is 1.72. The summed E-state index contributed by atoms with van der Waals surface area (Å²) in [5.74, 6) is 0.597. The lowest BCUT2D eigenvalue weighted by Crippen LogP contribution is -2.54. The van der Waals surface area contributed by atoms with Crippen LogP contribution in [0.2, 0.25) is 0 Å². The number of fused-ring (bicyclic) bond motifs is 1. The van der Waals surface area contributed by atoms with E-state index in [1.165, 1.54) is 29.7 Å². The number of hydrogen-bond acceptors (Lipinski definition) is 3. The van der Waals surface area contributed by atoms with E-state index < -0.39 is 5.54 Å². The fraction of sp³-hybridized carbons (Fsp3) is 0.706. The SMILES string of the molecule is CC1CCCC(CO)(NC(=O)c2csc3c2CCCC3)C1. The van der Waals surface area contributed by atoms with E-state index in [4.69, 9.17) is 0 Å². The van der Waals surface area contributed by atoms with Crippen LogP contribution in [0.3, 0.4) is 0 Å². The normalized spacial score (nSPS) is 29.0. The van der Waals surface area contributed by atoms with Gasteiger partial charge in [-0.25, -0.2) is 0 Å². The predicted molar refractivity (Wildman–Crippen MR) is 85.9 cm³/mol. The van der Waals surface area contributed by atoms with Gasteiger partial charge in [-0.3, -0.25) is 4.79 Å². The lowest BCUT2D eigenvalue weighted by molar-refractivity contribution is 0.0696. The molecule has 0 saturated heterocycles. The first-order valence-electron chi connectivity index (χ1n) is 8.16. The Bertz CT molecular complexity index is 525. The third kappa shape index (κ3) is 3.02. The van der Waals surface area contributed by atoms with Crippen molar-refractivity contribution in [3.05, 3.63) is 21.4 Å². The fourth-order valence-corrected chi connectivity index (χ4v) is 5.08. The van der Waals surface area contributed by atoms with Crippen molar-refractivity contribution >= 4 is 17.2 Å². The first kappa shape index (κ1) is 15.0. The predicted octanol–water partition coefficient (Wildman–Crippen LogP) is 3.30. The molecule has 1 aromatic heterocycles. The summed E-state index contributed by atoms with van der Waals surface area (Å²) < 4.78 is 0. The summed E-state index contributed by atoms with van der Waals surface area (Å²) in [6.45, 7) is 2.26. The molecule has 21 heavy (non-hydrogen) atoms. The van der Waals surface area contributed by atoms with Gasteiger partial charge >= 0.3 is 0 Å². The van der Waals surface area contributed by atoms with Gasteiger partial charge in [-0.2, -0.15) is 0 Å². The third-order valence-corrected chi connectivity index (χ3v) is 6.17. The van der Waals surface area contributed by atoms with Crippen LogP contribution < -0.4 is 5.32 Å². The van der Waals surface area contributed by atoms with Crippen LogP contribution >= 0.6 is 11.3 Å². The molecular formula is C17H25NO2S. The topological polar surface area (TPSA) is 49.3 Å². The quantitative estimate of drug-likeness (QED) is 0.900. The Labute approximate surface area is 130 Å². The molecule has 2 unspecified atom stereocenters. The smallest absolute Gasteiger partial charge is 0.252 e. The zero-order valence-electron chi connectivity index (χ0n) is 12.8. The second kappa shape index (κ2) is 6.09. The summed E-state index contributed by atoms with van der Waals surface area (Å²) >= 11 is 1.73. The highest BCUT2D eigenvalue weighted by Gasteiger charge is 2.36. The van der Waals surface area contributed by atoms with Gasteiger partial charge in [-0.15, -0.1) is 11.3 Å². The Hall–Kier alpha value is -0.870. The second-order valence-electron chi connectivity index (χ2n) is 6.85. The number of rotatable bonds is 3. The average Bonchev–Trinajstić information content (AvgIpc) is 2.91. The molecule has 1 aromatic rings. The highest BCUT2D eigenvalue weighted by Crippen LogP contribution is 2.34. The van der Waals surface area contributed by atoms with Crippen molar-refractivity contribution in [1.29, 1.82) is 0 Å². The Balaban J connectivity index is 1.77. The average molecular weight is 307 g/mol. The first-order valence-corrected chi connectivity index (χ1v) is 9.04. The molecule has 0 radical (unpaired) electrons. The van der Waals surface area contributed by atoms with Crippen LogP contribution in [0.1, 0.15) is 66.2 Å². The highest BCUT2D eigenvalue weighted by atomic mass is 32.1. The van der Waals surface area contributed by atoms with E-state index in [1.807, 2.05) is 5.38 Å². The van der Waals surface area contributed by atoms with Crippen LogP contribution in [0.4, 0.5) is 0 Å². The first-order chi connectivity index (χ1) is 10.1. The molecule has 0 aliphatic heterocycles. The van der Waals surface area contributed by atoms with Crippen LogP contribution in [0.15, 0.2) is 5.38 Å². The Morgan fingerprint density at radius 1 is 1.43 bits per heavy atom. The lowest BCUT2D eigenvalue weighted by atomic mass is 9.76. The molecule has 2 aliphatic carbocycles. The molecule has 0 spiro atoms. The highest BCUT2D eigenvalue weighted by molar-refractivity contribution is 7.10. The molecule has 1 saturated carbocycles. The molecule has 2 atom stereocenters. The van der Waals surface area contributed by atoms with Gasteiger partial charge in [0.15, 0.2) is 0 Å². The van der Waals surface area contributed by atoms with Gasteiger partial charge in [0.05, 0.1) is 17.7 Å². The van der Waals surface area contributed by atoms with Crippen molar-refractivity contribution in [3.8, 4) is 0 Å². The van der Waals surface area contributed by atoms with Crippen molar-refractivity contribution in [1.82, 2.24) is 5.32 Å². The van der Waals surface area contributed by atoms with Crippen molar-refractivity contribution in [2.75, 3.05) is 6.61 Å². The summed E-state index contributed by atoms with van der Waals surface area (Å²) in [4.78, 5) is 14.1. The minimum absolute atomic E-state index is 0.0255. The molecule has 0 bridgehead atoms. The van der Waals surface area contributed by atoms with Crippen molar-refractivity contribution < 1.29 is 9.90 Å². The number of carbonyl (C=O) groups excluding carboxylic acids is 1. The largest absolute Gasteiger partial charge is 0.394 e. The van der Waals surface area contributed by atoms with E-state index in [0.717, 1.165) is 37.7 Å². The molecule has 0 aromatic carbocycles. The number of aliphatic hydroxyl groups is 1. The minimum atomic E-state index is -0.405. The second-order valence-corrected chi connectivity index (χ2v) is 7.82. The van der Waals surface area contributed by atoms with Gasteiger partial charge in [0.2, 0.25) is 0 Å². The van der Waals surface area contributed by atoms with Gasteiger partial charge in [-0.05, 0) is 50.0 Å². The molecule has 3 rings (SSSR count). The van der Waals surface area contributed by atoms with Crippen LogP contribution in [-0.2, 0) is 12.8 Å². The number of hydrogen-bond donors (Lipinski definition) is 2. The summed E-state index contributed by atoms with van der Waals surface area (Å²) in [7, 11) is 0. The van der Waals surface area contributed by atoms with Crippen molar-refractivity contribution in [3.63, 3.8) is 0 Å². The van der Waals surface area contributed by atoms with Gasteiger partial charge in [0.25, 0.3) is 5.91 Å². The molecule has 1 fully saturated rings. The van der Waals surface area contributed by atoms with E-state index in [2.05, 4.69) is 12.2 Å². The number of nitrogens with one attached hydrogen (secondary N) is 1. The molecule has 1 heterocycles. The van der Waals surface area contributed by atoms with Crippen LogP contribution in [0.25, 0.3) is 0 Å². The zero-order valence-corrected chi connectivity index (χ0v) is 13.6. The maximum Gasteiger partial charge on any atom is 0.252 e. The zero-order chi connectivity index (χ0) is 14.9. The van der Waals surface area contributed by atoms with E-state index >= 15 is 0 Å². The van der Waals surface area contributed by atoms with Crippen molar-refractivity contribution in [2.45, 2.75) is 63.8 Å². The standard InChI is InChI=1S/C17H25NO2S/c1-12-5-4-8-17(9-12,11-19)18-16(20)14-10-21-15-7-3-2-6-13(14)15/h10,12,19H,2-9,11H2,1H3,(H,18,20). The summed E-state index contributed by atoms with van der Waals surface area (Å²) in [6.07, 6.45) is 8.65. The maximum absolute atomic E-state index is 12.7. The number of aliphatic hydroxyl groups excluding tert-OH is 1. The number of thiophene rings is 1. The van der Waals surface area contributed by atoms with Crippen molar-refractivity contribution in [2.24, 2.45) is 5.92 Å². The maximum atomic E-state index is 12.7.